The van der Waals surface area contributed by atoms with Crippen LogP contribution in [-0.4, -0.2) is 30.8 Å². The lowest BCUT2D eigenvalue weighted by molar-refractivity contribution is -0.135. The van der Waals surface area contributed by atoms with Gasteiger partial charge in [0.05, 0.1) is 0 Å². The summed E-state index contributed by atoms with van der Waals surface area (Å²) < 4.78 is 10.1. The largest absolute Gasteiger partial charge is 0.465 e. The number of amides is 1. The van der Waals surface area contributed by atoms with Gasteiger partial charge in [-0.25, -0.2) is 4.79 Å². The second kappa shape index (κ2) is 6.61. The molecule has 0 atom stereocenters. The second-order valence-corrected chi connectivity index (χ2v) is 5.76. The van der Waals surface area contributed by atoms with E-state index in [1.807, 2.05) is 20.8 Å². The minimum absolute atomic E-state index is 0.0558. The van der Waals surface area contributed by atoms with E-state index >= 15 is 0 Å². The van der Waals surface area contributed by atoms with Gasteiger partial charge in [-0.05, 0) is 52.4 Å². The van der Waals surface area contributed by atoms with E-state index in [9.17, 15) is 9.59 Å². The maximum atomic E-state index is 11.5. The fraction of sp³-hybridized carbons (Fsp3) is 0.846. The molecule has 0 radical (unpaired) electrons. The molecule has 0 aromatic carbocycles. The highest BCUT2D eigenvalue weighted by atomic mass is 16.6. The first kappa shape index (κ1) is 14.8. The number of hydrogen-bond donors (Lipinski definition) is 1. The number of rotatable bonds is 4. The van der Waals surface area contributed by atoms with Crippen molar-refractivity contribution in [2.24, 2.45) is 5.92 Å². The molecule has 0 heterocycles. The standard InChI is InChI=1S/C13H23NO4/c1-13(2,3)18-12(16)14-8-10-4-6-11(7-5-10)17-9-15/h9-11H,4-8H2,1-3H3,(H,14,16). The van der Waals surface area contributed by atoms with Gasteiger partial charge in [0, 0.05) is 6.54 Å². The second-order valence-electron chi connectivity index (χ2n) is 5.76. The zero-order chi connectivity index (χ0) is 13.6. The highest BCUT2D eigenvalue weighted by molar-refractivity contribution is 5.67. The molecule has 0 saturated heterocycles. The first-order chi connectivity index (χ1) is 8.40. The predicted octanol–water partition coefficient (Wildman–Crippen LogP) is 2.24. The molecule has 1 amide bonds. The van der Waals surface area contributed by atoms with Crippen LogP contribution < -0.4 is 5.32 Å². The van der Waals surface area contributed by atoms with Gasteiger partial charge in [0.2, 0.25) is 0 Å². The van der Waals surface area contributed by atoms with Crippen LogP contribution in [0.25, 0.3) is 0 Å². The van der Waals surface area contributed by atoms with Crippen LogP contribution in [0.4, 0.5) is 4.79 Å². The summed E-state index contributed by atoms with van der Waals surface area (Å²) in [6.45, 7) is 6.67. The number of carbonyl (C=O) groups excluding carboxylic acids is 2. The normalized spacial score (nSPS) is 24.2. The molecule has 0 aliphatic heterocycles. The quantitative estimate of drug-likeness (QED) is 0.784. The molecular weight excluding hydrogens is 234 g/mol. The van der Waals surface area contributed by atoms with E-state index in [0.717, 1.165) is 25.7 Å². The molecule has 104 valence electrons. The lowest BCUT2D eigenvalue weighted by Crippen LogP contribution is -2.36. The summed E-state index contributed by atoms with van der Waals surface area (Å²) in [5.74, 6) is 0.448. The lowest BCUT2D eigenvalue weighted by Gasteiger charge is -2.27. The van der Waals surface area contributed by atoms with Crippen LogP contribution in [0.2, 0.25) is 0 Å². The summed E-state index contributed by atoms with van der Waals surface area (Å²) in [6, 6.07) is 0. The van der Waals surface area contributed by atoms with Gasteiger partial charge in [-0.2, -0.15) is 0 Å². The van der Waals surface area contributed by atoms with Crippen LogP contribution in [0.5, 0.6) is 0 Å². The van der Waals surface area contributed by atoms with E-state index < -0.39 is 5.60 Å². The monoisotopic (exact) mass is 257 g/mol. The van der Waals surface area contributed by atoms with Gasteiger partial charge in [0.15, 0.2) is 0 Å². The van der Waals surface area contributed by atoms with E-state index in [0.29, 0.717) is 18.9 Å². The maximum Gasteiger partial charge on any atom is 0.407 e. The Morgan fingerprint density at radius 1 is 1.28 bits per heavy atom. The third-order valence-electron chi connectivity index (χ3n) is 2.98. The summed E-state index contributed by atoms with van der Waals surface area (Å²) >= 11 is 0. The highest BCUT2D eigenvalue weighted by Crippen LogP contribution is 2.25. The fourth-order valence-corrected chi connectivity index (χ4v) is 2.09. The Kier molecular flexibility index (Phi) is 5.44. The molecule has 1 aliphatic carbocycles. The van der Waals surface area contributed by atoms with E-state index in [4.69, 9.17) is 9.47 Å². The third-order valence-corrected chi connectivity index (χ3v) is 2.98. The van der Waals surface area contributed by atoms with Gasteiger partial charge >= 0.3 is 6.09 Å². The smallest absolute Gasteiger partial charge is 0.407 e. The molecule has 0 aromatic rings. The van der Waals surface area contributed by atoms with Crippen LogP contribution in [0.3, 0.4) is 0 Å². The van der Waals surface area contributed by atoms with E-state index in [2.05, 4.69) is 5.32 Å². The molecule has 5 nitrogen and oxygen atoms in total. The van der Waals surface area contributed by atoms with Crippen LogP contribution in [-0.2, 0) is 14.3 Å². The Bertz CT molecular complexity index is 277. The molecule has 1 fully saturated rings. The summed E-state index contributed by atoms with van der Waals surface area (Å²) in [7, 11) is 0. The van der Waals surface area contributed by atoms with Crippen LogP contribution in [0, 0.1) is 5.92 Å². The number of nitrogens with one attached hydrogen (secondary N) is 1. The summed E-state index contributed by atoms with van der Waals surface area (Å²) in [5.41, 5.74) is -0.459. The fourth-order valence-electron chi connectivity index (χ4n) is 2.09. The van der Waals surface area contributed by atoms with E-state index in [1.54, 1.807) is 0 Å². The minimum Gasteiger partial charge on any atom is -0.465 e. The Morgan fingerprint density at radius 2 is 1.89 bits per heavy atom. The number of alkyl carbamates (subject to hydrolysis) is 1. The van der Waals surface area contributed by atoms with Gasteiger partial charge in [-0.3, -0.25) is 4.79 Å². The van der Waals surface area contributed by atoms with Crippen molar-refractivity contribution in [2.45, 2.75) is 58.2 Å². The molecule has 1 saturated carbocycles. The molecule has 1 aliphatic rings. The molecular formula is C13H23NO4. The first-order valence-electron chi connectivity index (χ1n) is 6.46. The highest BCUT2D eigenvalue weighted by Gasteiger charge is 2.23. The third kappa shape index (κ3) is 5.89. The van der Waals surface area contributed by atoms with Crippen molar-refractivity contribution < 1.29 is 19.1 Å². The van der Waals surface area contributed by atoms with Crippen molar-refractivity contribution in [1.29, 1.82) is 0 Å². The van der Waals surface area contributed by atoms with Gasteiger partial charge in [-0.15, -0.1) is 0 Å². The molecule has 1 N–H and O–H groups in total. The van der Waals surface area contributed by atoms with Gasteiger partial charge in [0.1, 0.15) is 11.7 Å². The Labute approximate surface area is 108 Å². The summed E-state index contributed by atoms with van der Waals surface area (Å²) in [5, 5.41) is 2.78. The summed E-state index contributed by atoms with van der Waals surface area (Å²) in [6.07, 6.45) is 3.37. The van der Waals surface area contributed by atoms with Crippen molar-refractivity contribution in [3.05, 3.63) is 0 Å². The van der Waals surface area contributed by atoms with Crippen molar-refractivity contribution in [3.8, 4) is 0 Å². The molecule has 0 bridgehead atoms. The van der Waals surface area contributed by atoms with Crippen molar-refractivity contribution in [1.82, 2.24) is 5.32 Å². The van der Waals surface area contributed by atoms with E-state index in [1.165, 1.54) is 0 Å². The van der Waals surface area contributed by atoms with Crippen molar-refractivity contribution >= 4 is 12.6 Å². The van der Waals surface area contributed by atoms with Gasteiger partial charge in [-0.1, -0.05) is 0 Å². The lowest BCUT2D eigenvalue weighted by atomic mass is 9.87. The number of ether oxygens (including phenoxy) is 2. The molecule has 18 heavy (non-hydrogen) atoms. The zero-order valence-electron chi connectivity index (χ0n) is 11.4. The minimum atomic E-state index is -0.459. The number of carbonyl (C=O) groups is 2. The average molecular weight is 257 g/mol. The van der Waals surface area contributed by atoms with Crippen LogP contribution >= 0.6 is 0 Å². The Hall–Kier alpha value is -1.26. The first-order valence-corrected chi connectivity index (χ1v) is 6.46. The topological polar surface area (TPSA) is 64.6 Å². The summed E-state index contributed by atoms with van der Waals surface area (Å²) in [4.78, 5) is 21.7. The number of hydrogen-bond acceptors (Lipinski definition) is 4. The van der Waals surface area contributed by atoms with E-state index in [-0.39, 0.29) is 12.2 Å². The molecule has 0 spiro atoms. The van der Waals surface area contributed by atoms with Gasteiger partial charge in [0.25, 0.3) is 6.47 Å². The maximum absolute atomic E-state index is 11.5. The predicted molar refractivity (Wildman–Crippen MR) is 67.1 cm³/mol. The molecule has 0 unspecified atom stereocenters. The molecule has 0 aromatic heterocycles. The SMILES string of the molecule is CC(C)(C)OC(=O)NCC1CCC(OC=O)CC1. The van der Waals surface area contributed by atoms with Gasteiger partial charge < -0.3 is 14.8 Å². The van der Waals surface area contributed by atoms with Crippen LogP contribution in [0.15, 0.2) is 0 Å². The average Bonchev–Trinajstić information content (AvgIpc) is 2.26. The van der Waals surface area contributed by atoms with Crippen molar-refractivity contribution in [3.63, 3.8) is 0 Å². The Morgan fingerprint density at radius 3 is 2.39 bits per heavy atom. The Balaban J connectivity index is 2.18. The zero-order valence-corrected chi connectivity index (χ0v) is 11.4. The molecule has 5 heteroatoms. The molecule has 1 rings (SSSR count). The van der Waals surface area contributed by atoms with Crippen LogP contribution in [0.1, 0.15) is 46.5 Å². The van der Waals surface area contributed by atoms with Crippen molar-refractivity contribution in [2.75, 3.05) is 6.54 Å².